The number of carbonyl (C=O) groups excluding carboxylic acids is 1. The maximum Gasteiger partial charge on any atom is 0.264 e. The maximum atomic E-state index is 13.2. The van der Waals surface area contributed by atoms with E-state index in [1.165, 1.54) is 23.5 Å². The molecule has 5 nitrogen and oxygen atoms in total. The van der Waals surface area contributed by atoms with Gasteiger partial charge >= 0.3 is 0 Å². The van der Waals surface area contributed by atoms with Crippen LogP contribution in [0.1, 0.15) is 21.8 Å². The summed E-state index contributed by atoms with van der Waals surface area (Å²) >= 11 is 1.46. The fourth-order valence-corrected chi connectivity index (χ4v) is 4.47. The molecule has 4 rings (SSSR count). The SMILES string of the molecule is Cc1nn(-c2ccc(F)cc2)c2sc(C(=O)N3CCCN(C)CC3)cc12. The summed E-state index contributed by atoms with van der Waals surface area (Å²) in [6.07, 6.45) is 0.996. The second kappa shape index (κ2) is 6.81. The van der Waals surface area contributed by atoms with Gasteiger partial charge in [0.2, 0.25) is 0 Å². The van der Waals surface area contributed by atoms with Crippen LogP contribution in [0, 0.1) is 12.7 Å². The molecule has 26 heavy (non-hydrogen) atoms. The minimum absolute atomic E-state index is 0.0894. The molecule has 2 aromatic heterocycles. The summed E-state index contributed by atoms with van der Waals surface area (Å²) in [5.41, 5.74) is 1.66. The summed E-state index contributed by atoms with van der Waals surface area (Å²) in [5, 5.41) is 5.54. The van der Waals surface area contributed by atoms with Gasteiger partial charge in [0.05, 0.1) is 16.3 Å². The van der Waals surface area contributed by atoms with Crippen LogP contribution in [0.2, 0.25) is 0 Å². The zero-order valence-electron chi connectivity index (χ0n) is 14.9. The summed E-state index contributed by atoms with van der Waals surface area (Å²) in [7, 11) is 2.09. The van der Waals surface area contributed by atoms with Gasteiger partial charge in [0.15, 0.2) is 0 Å². The third-order valence-electron chi connectivity index (χ3n) is 4.83. The molecule has 3 aromatic rings. The monoisotopic (exact) mass is 372 g/mol. The van der Waals surface area contributed by atoms with E-state index >= 15 is 0 Å². The first-order valence-corrected chi connectivity index (χ1v) is 9.57. The number of halogens is 1. The van der Waals surface area contributed by atoms with Gasteiger partial charge in [0.25, 0.3) is 5.91 Å². The van der Waals surface area contributed by atoms with Crippen molar-refractivity contribution in [2.75, 3.05) is 33.2 Å². The van der Waals surface area contributed by atoms with Crippen LogP contribution >= 0.6 is 11.3 Å². The zero-order chi connectivity index (χ0) is 18.3. The number of aryl methyl sites for hydroxylation is 1. The largest absolute Gasteiger partial charge is 0.337 e. The first kappa shape index (κ1) is 17.2. The Hall–Kier alpha value is -2.25. The predicted octanol–water partition coefficient (Wildman–Crippen LogP) is 3.31. The number of amides is 1. The number of thiophene rings is 1. The molecule has 0 unspecified atom stereocenters. The van der Waals surface area contributed by atoms with Crippen molar-refractivity contribution in [3.63, 3.8) is 0 Å². The number of aromatic nitrogens is 2. The number of benzene rings is 1. The highest BCUT2D eigenvalue weighted by Gasteiger charge is 2.23. The van der Waals surface area contributed by atoms with Crippen LogP contribution in [0.25, 0.3) is 15.9 Å². The lowest BCUT2D eigenvalue weighted by atomic mass is 10.3. The highest BCUT2D eigenvalue weighted by Crippen LogP contribution is 2.31. The molecule has 1 aromatic carbocycles. The van der Waals surface area contributed by atoms with E-state index in [0.717, 1.165) is 59.1 Å². The summed E-state index contributed by atoms with van der Waals surface area (Å²) < 4.78 is 15.0. The fraction of sp³-hybridized carbons (Fsp3) is 0.368. The molecular weight excluding hydrogens is 351 g/mol. The fourth-order valence-electron chi connectivity index (χ4n) is 3.32. The van der Waals surface area contributed by atoms with E-state index in [1.807, 2.05) is 17.9 Å². The van der Waals surface area contributed by atoms with Crippen molar-refractivity contribution in [1.29, 1.82) is 0 Å². The van der Waals surface area contributed by atoms with Crippen LogP contribution in [-0.4, -0.2) is 58.7 Å². The molecular formula is C19H21FN4OS. The molecule has 0 atom stereocenters. The third-order valence-corrected chi connectivity index (χ3v) is 5.93. The topological polar surface area (TPSA) is 41.4 Å². The van der Waals surface area contributed by atoms with Gasteiger partial charge in [-0.2, -0.15) is 5.10 Å². The summed E-state index contributed by atoms with van der Waals surface area (Å²) in [6, 6.07) is 8.19. The molecule has 0 aliphatic carbocycles. The Balaban J connectivity index is 1.68. The molecule has 1 aliphatic heterocycles. The van der Waals surface area contributed by atoms with Crippen molar-refractivity contribution in [2.24, 2.45) is 0 Å². The zero-order valence-corrected chi connectivity index (χ0v) is 15.7. The van der Waals surface area contributed by atoms with E-state index < -0.39 is 0 Å². The number of fused-ring (bicyclic) bond motifs is 1. The molecule has 1 amide bonds. The Kier molecular flexibility index (Phi) is 4.50. The Morgan fingerprint density at radius 1 is 1.15 bits per heavy atom. The van der Waals surface area contributed by atoms with Gasteiger partial charge in [-0.15, -0.1) is 11.3 Å². The van der Waals surface area contributed by atoms with Gasteiger partial charge in [-0.1, -0.05) is 0 Å². The molecule has 0 N–H and O–H groups in total. The van der Waals surface area contributed by atoms with Crippen LogP contribution in [0.4, 0.5) is 4.39 Å². The predicted molar refractivity (Wildman–Crippen MR) is 102 cm³/mol. The van der Waals surface area contributed by atoms with Crippen LogP contribution in [0.15, 0.2) is 30.3 Å². The molecule has 0 radical (unpaired) electrons. The molecule has 0 spiro atoms. The number of rotatable bonds is 2. The van der Waals surface area contributed by atoms with Crippen molar-refractivity contribution < 1.29 is 9.18 Å². The Labute approximate surface area is 155 Å². The molecule has 1 aliphatic rings. The quantitative estimate of drug-likeness (QED) is 0.693. The van der Waals surface area contributed by atoms with Crippen LogP contribution < -0.4 is 0 Å². The van der Waals surface area contributed by atoms with E-state index in [-0.39, 0.29) is 11.7 Å². The molecule has 1 fully saturated rings. The highest BCUT2D eigenvalue weighted by molar-refractivity contribution is 7.20. The molecule has 1 saturated heterocycles. The Bertz CT molecular complexity index is 947. The minimum Gasteiger partial charge on any atom is -0.337 e. The van der Waals surface area contributed by atoms with Gasteiger partial charge in [0, 0.05) is 25.0 Å². The lowest BCUT2D eigenvalue weighted by molar-refractivity contribution is 0.0767. The second-order valence-corrected chi connectivity index (χ2v) is 7.78. The van der Waals surface area contributed by atoms with Crippen molar-refractivity contribution in [3.8, 4) is 5.69 Å². The molecule has 136 valence electrons. The smallest absolute Gasteiger partial charge is 0.264 e. The van der Waals surface area contributed by atoms with Crippen LogP contribution in [-0.2, 0) is 0 Å². The Morgan fingerprint density at radius 2 is 1.92 bits per heavy atom. The first-order chi connectivity index (χ1) is 12.5. The van der Waals surface area contributed by atoms with Gasteiger partial charge in [-0.3, -0.25) is 4.79 Å². The maximum absolute atomic E-state index is 13.2. The molecule has 7 heteroatoms. The average Bonchev–Trinajstić information content (AvgIpc) is 3.11. The van der Waals surface area contributed by atoms with E-state index in [9.17, 15) is 9.18 Å². The van der Waals surface area contributed by atoms with Gasteiger partial charge in [-0.05, 0) is 57.3 Å². The van der Waals surface area contributed by atoms with Crippen molar-refractivity contribution in [3.05, 3.63) is 46.7 Å². The first-order valence-electron chi connectivity index (χ1n) is 8.76. The van der Waals surface area contributed by atoms with Crippen molar-refractivity contribution in [2.45, 2.75) is 13.3 Å². The van der Waals surface area contributed by atoms with E-state index in [2.05, 4.69) is 17.0 Å². The second-order valence-electron chi connectivity index (χ2n) is 6.75. The van der Waals surface area contributed by atoms with Crippen LogP contribution in [0.3, 0.4) is 0 Å². The Morgan fingerprint density at radius 3 is 2.69 bits per heavy atom. The van der Waals surface area contributed by atoms with Gasteiger partial charge in [-0.25, -0.2) is 9.07 Å². The molecule has 0 saturated carbocycles. The number of hydrogen-bond donors (Lipinski definition) is 0. The van der Waals surface area contributed by atoms with Gasteiger partial charge < -0.3 is 9.80 Å². The normalized spacial score (nSPS) is 16.2. The third kappa shape index (κ3) is 3.12. The highest BCUT2D eigenvalue weighted by atomic mass is 32.1. The summed E-state index contributed by atoms with van der Waals surface area (Å²) in [5.74, 6) is -0.186. The molecule has 0 bridgehead atoms. The standard InChI is InChI=1S/C19H21FN4OS/c1-13-16-12-17(18(25)23-9-3-8-22(2)10-11-23)26-19(16)24(21-13)15-6-4-14(20)5-7-15/h4-7,12H,3,8-11H2,1-2H3. The lowest BCUT2D eigenvalue weighted by Crippen LogP contribution is -2.34. The number of hydrogen-bond acceptors (Lipinski definition) is 4. The summed E-state index contributed by atoms with van der Waals surface area (Å²) in [4.78, 5) is 18.8. The number of likely N-dealkylation sites (N-methyl/N-ethyl adjacent to an activating group) is 1. The molecule has 3 heterocycles. The average molecular weight is 372 g/mol. The van der Waals surface area contributed by atoms with E-state index in [1.54, 1.807) is 16.8 Å². The summed E-state index contributed by atoms with van der Waals surface area (Å²) in [6.45, 7) is 5.41. The number of nitrogens with zero attached hydrogens (tertiary/aromatic N) is 4. The van der Waals surface area contributed by atoms with Crippen LogP contribution in [0.5, 0.6) is 0 Å². The van der Waals surface area contributed by atoms with Gasteiger partial charge in [0.1, 0.15) is 10.6 Å². The number of carbonyl (C=O) groups is 1. The van der Waals surface area contributed by atoms with Crippen molar-refractivity contribution in [1.82, 2.24) is 19.6 Å². The van der Waals surface area contributed by atoms with Crippen molar-refractivity contribution >= 4 is 27.5 Å². The van der Waals surface area contributed by atoms with E-state index in [0.29, 0.717) is 0 Å². The minimum atomic E-state index is -0.276. The lowest BCUT2D eigenvalue weighted by Gasteiger charge is -2.19. The van der Waals surface area contributed by atoms with E-state index in [4.69, 9.17) is 0 Å².